The third-order valence-electron chi connectivity index (χ3n) is 25.0. The predicted molar refractivity (Wildman–Crippen MR) is 541 cm³/mol. The highest BCUT2D eigenvalue weighted by Gasteiger charge is 2.39. The number of furan rings is 1. The molecule has 22 aromatic rings. The summed E-state index contributed by atoms with van der Waals surface area (Å²) < 4.78 is 8.62. The maximum absolute atomic E-state index is 6.24. The number of fused-ring (bicyclic) bond motifs is 9. The minimum atomic E-state index is -0.116. The van der Waals surface area contributed by atoms with Crippen LogP contribution in [0.4, 0.5) is 51.2 Å². The highest BCUT2D eigenvalue weighted by Crippen LogP contribution is 2.55. The molecule has 0 radical (unpaired) electrons. The maximum Gasteiger partial charge on any atom is 0.137 e. The maximum atomic E-state index is 6.24. The van der Waals surface area contributed by atoms with Gasteiger partial charge >= 0.3 is 0 Å². The van der Waals surface area contributed by atoms with Crippen molar-refractivity contribution in [2.24, 2.45) is 0 Å². The Labute approximate surface area is 748 Å². The van der Waals surface area contributed by atoms with Gasteiger partial charge < -0.3 is 23.7 Å². The molecule has 0 amide bonds. The lowest BCUT2D eigenvalue weighted by atomic mass is 9.81. The number of hydrogen-bond acceptors (Lipinski definition) is 4. The van der Waals surface area contributed by atoms with Gasteiger partial charge in [0.1, 0.15) is 11.2 Å². The van der Waals surface area contributed by atoms with Crippen LogP contribution in [0.5, 0.6) is 0 Å². The van der Waals surface area contributed by atoms with E-state index in [2.05, 4.69) is 524 Å². The molecule has 128 heavy (non-hydrogen) atoms. The third-order valence-corrected chi connectivity index (χ3v) is 25.0. The lowest BCUT2D eigenvalue weighted by Crippen LogP contribution is -2.20. The summed E-state index contributed by atoms with van der Waals surface area (Å²) in [6.45, 7) is 4.71. The van der Waals surface area contributed by atoms with Crippen LogP contribution in [-0.2, 0) is 5.41 Å². The van der Waals surface area contributed by atoms with E-state index in [9.17, 15) is 0 Å². The van der Waals surface area contributed by atoms with Crippen molar-refractivity contribution in [3.05, 3.63) is 521 Å². The minimum Gasteiger partial charge on any atom is -0.456 e. The third kappa shape index (κ3) is 15.6. The van der Waals surface area contributed by atoms with E-state index >= 15 is 0 Å². The van der Waals surface area contributed by atoms with Gasteiger partial charge in [-0.2, -0.15) is 0 Å². The Balaban J connectivity index is 0.000000118. The standard InChI is InChI=1S/C48H34N2.C39H31N.C36H25NO/c1-3-12-35(13-4-1)37-22-28-41(29-23-37)49(42-30-24-38(25-31-42)36-14-5-2-6-15-36)43-32-26-39(27-33-43)40-16-11-17-44(34-40)50-47-20-9-7-18-45(47)46-19-8-10-21-48(46)50;1-39(2)36-18-10-9-16-34(36)35-17-11-19-37(38(35)39)40(32-24-20-30(21-25-32)28-12-5-3-6-13-28)33-26-22-31(23-27-33)29-14-7-4-8-15-29;1-3-10-26(11-4-1)28-18-22-30(23-19-28)37(31-24-20-29(21-25-31)27-12-5-2-6-13-27)33-15-9-17-35-36(33)32-14-7-8-16-34(32)38-35/h1-34H;3-27H,1-2H3;1-25H. The smallest absolute Gasteiger partial charge is 0.137 e. The number of para-hydroxylation sites is 3. The molecule has 5 heteroatoms. The molecule has 0 N–H and O–H groups in total. The van der Waals surface area contributed by atoms with Crippen molar-refractivity contribution in [1.82, 2.24) is 4.57 Å². The number of rotatable bonds is 17. The fourth-order valence-corrected chi connectivity index (χ4v) is 18.7. The fourth-order valence-electron chi connectivity index (χ4n) is 18.7. The van der Waals surface area contributed by atoms with Crippen LogP contribution in [0.15, 0.2) is 514 Å². The zero-order chi connectivity index (χ0) is 85.7. The van der Waals surface area contributed by atoms with Gasteiger partial charge in [0.25, 0.3) is 0 Å². The molecule has 0 spiro atoms. The molecular weight excluding hydrogens is 1550 g/mol. The number of nitrogens with zero attached hydrogens (tertiary/aromatic N) is 4. The van der Waals surface area contributed by atoms with Crippen LogP contribution in [0.25, 0.3) is 138 Å². The summed E-state index contributed by atoms with van der Waals surface area (Å²) in [5.41, 5.74) is 37.7. The molecule has 2 aromatic heterocycles. The number of hydrogen-bond donors (Lipinski definition) is 0. The van der Waals surface area contributed by atoms with Gasteiger partial charge in [0, 0.05) is 67.1 Å². The molecule has 0 unspecified atom stereocenters. The van der Waals surface area contributed by atoms with Gasteiger partial charge in [0.2, 0.25) is 0 Å². The number of anilines is 9. The van der Waals surface area contributed by atoms with Gasteiger partial charge in [-0.1, -0.05) is 390 Å². The summed E-state index contributed by atoms with van der Waals surface area (Å²) in [6, 6.07) is 182. The zero-order valence-corrected chi connectivity index (χ0v) is 71.2. The van der Waals surface area contributed by atoms with E-state index < -0.39 is 0 Å². The van der Waals surface area contributed by atoms with Gasteiger partial charge in [-0.15, -0.1) is 0 Å². The Bertz CT molecular complexity index is 7310. The van der Waals surface area contributed by atoms with E-state index in [0.717, 1.165) is 73.1 Å². The monoisotopic (exact) mass is 1640 g/mol. The molecule has 0 bridgehead atoms. The lowest BCUT2D eigenvalue weighted by Gasteiger charge is -2.32. The summed E-state index contributed by atoms with van der Waals surface area (Å²) in [4.78, 5) is 7.09. The first-order valence-corrected chi connectivity index (χ1v) is 43.9. The van der Waals surface area contributed by atoms with Gasteiger partial charge in [-0.25, -0.2) is 0 Å². The zero-order valence-electron chi connectivity index (χ0n) is 71.2. The normalized spacial score (nSPS) is 11.7. The van der Waals surface area contributed by atoms with Crippen LogP contribution in [0, 0.1) is 0 Å². The van der Waals surface area contributed by atoms with Crippen LogP contribution >= 0.6 is 0 Å². The predicted octanol–water partition coefficient (Wildman–Crippen LogP) is 34.4. The molecule has 608 valence electrons. The molecule has 0 aliphatic heterocycles. The van der Waals surface area contributed by atoms with Crippen LogP contribution in [0.1, 0.15) is 25.0 Å². The second-order valence-electron chi connectivity index (χ2n) is 33.1. The molecule has 0 saturated heterocycles. The molecule has 2 heterocycles. The van der Waals surface area contributed by atoms with Crippen LogP contribution in [0.3, 0.4) is 0 Å². The molecule has 1 aliphatic rings. The van der Waals surface area contributed by atoms with E-state index in [1.165, 1.54) is 128 Å². The Morgan fingerprint density at radius 3 is 0.875 bits per heavy atom. The van der Waals surface area contributed by atoms with E-state index in [1.807, 2.05) is 18.2 Å². The van der Waals surface area contributed by atoms with E-state index in [1.54, 1.807) is 0 Å². The second-order valence-corrected chi connectivity index (χ2v) is 33.1. The summed E-state index contributed by atoms with van der Waals surface area (Å²) in [5, 5.41) is 4.77. The Kier molecular flexibility index (Phi) is 21.5. The highest BCUT2D eigenvalue weighted by molar-refractivity contribution is 6.14. The van der Waals surface area contributed by atoms with E-state index in [0.29, 0.717) is 0 Å². The fraction of sp³-hybridized carbons (Fsp3) is 0.0244. The van der Waals surface area contributed by atoms with Crippen molar-refractivity contribution >= 4 is 94.9 Å². The van der Waals surface area contributed by atoms with Crippen molar-refractivity contribution in [2.45, 2.75) is 19.3 Å². The van der Waals surface area contributed by atoms with E-state index in [-0.39, 0.29) is 5.41 Å². The van der Waals surface area contributed by atoms with Crippen molar-refractivity contribution in [1.29, 1.82) is 0 Å². The van der Waals surface area contributed by atoms with Crippen LogP contribution < -0.4 is 14.7 Å². The first kappa shape index (κ1) is 78.6. The molecule has 0 atom stereocenters. The molecular formula is C123H90N4O. The number of aromatic nitrogens is 1. The molecule has 1 aliphatic carbocycles. The highest BCUT2D eigenvalue weighted by atomic mass is 16.3. The summed E-state index contributed by atoms with van der Waals surface area (Å²) in [6.07, 6.45) is 0. The molecule has 20 aromatic carbocycles. The van der Waals surface area contributed by atoms with Gasteiger partial charge in [-0.3, -0.25) is 0 Å². The summed E-state index contributed by atoms with van der Waals surface area (Å²) in [7, 11) is 0. The van der Waals surface area contributed by atoms with Gasteiger partial charge in [0.15, 0.2) is 0 Å². The van der Waals surface area contributed by atoms with E-state index in [4.69, 9.17) is 4.42 Å². The van der Waals surface area contributed by atoms with Crippen molar-refractivity contribution in [3.63, 3.8) is 0 Å². The Morgan fingerprint density at radius 2 is 0.477 bits per heavy atom. The first-order chi connectivity index (χ1) is 63.3. The largest absolute Gasteiger partial charge is 0.456 e. The van der Waals surface area contributed by atoms with Crippen molar-refractivity contribution in [2.75, 3.05) is 14.7 Å². The average molecular weight is 1640 g/mol. The Hall–Kier alpha value is -16.6. The molecule has 0 fully saturated rings. The molecule has 5 nitrogen and oxygen atoms in total. The molecule has 0 saturated carbocycles. The van der Waals surface area contributed by atoms with Gasteiger partial charge in [-0.05, 0) is 234 Å². The first-order valence-electron chi connectivity index (χ1n) is 43.9. The minimum absolute atomic E-state index is 0.116. The second kappa shape index (κ2) is 35.0. The van der Waals surface area contributed by atoms with Gasteiger partial charge in [0.05, 0.1) is 27.8 Å². The topological polar surface area (TPSA) is 27.8 Å². The van der Waals surface area contributed by atoms with Crippen LogP contribution in [-0.4, -0.2) is 4.57 Å². The quantitative estimate of drug-likeness (QED) is 0.0908. The Morgan fingerprint density at radius 1 is 0.203 bits per heavy atom. The molecule has 23 rings (SSSR count). The average Bonchev–Trinajstić information content (AvgIpc) is 1.56. The summed E-state index contributed by atoms with van der Waals surface area (Å²) >= 11 is 0. The lowest BCUT2D eigenvalue weighted by molar-refractivity contribution is 0.661. The number of benzene rings is 20. The SMILES string of the molecule is CC1(C)c2ccccc2-c2cccc(N(c3ccc(-c4ccccc4)cc3)c3ccc(-c4ccccc4)cc3)c21.c1ccc(-c2ccc(N(c3ccc(-c4ccccc4)cc3)c3ccc(-c4cccc(-n5c6ccccc6c6ccccc65)c4)cc3)cc2)cc1.c1ccc(-c2ccc(N(c3ccc(-c4ccccc4)cc3)c3cccc4oc5ccccc5c34)cc2)cc1. The van der Waals surface area contributed by atoms with Crippen molar-refractivity contribution in [3.8, 4) is 94.7 Å². The van der Waals surface area contributed by atoms with Crippen LogP contribution in [0.2, 0.25) is 0 Å². The van der Waals surface area contributed by atoms with Crippen molar-refractivity contribution < 1.29 is 4.42 Å². The summed E-state index contributed by atoms with van der Waals surface area (Å²) in [5.74, 6) is 0.